The molecule has 0 unspecified atom stereocenters. The number of hydrogen-bond acceptors (Lipinski definition) is 9. The van der Waals surface area contributed by atoms with Crippen LogP contribution in [0.25, 0.3) is 0 Å². The molecule has 2 aromatic rings. The third-order valence-corrected chi connectivity index (χ3v) is 8.42. The zero-order valence-electron chi connectivity index (χ0n) is 30.9. The van der Waals surface area contributed by atoms with Gasteiger partial charge >= 0.3 is 12.1 Å². The molecule has 5 atom stereocenters. The van der Waals surface area contributed by atoms with Crippen molar-refractivity contribution in [1.82, 2.24) is 26.2 Å². The van der Waals surface area contributed by atoms with Crippen molar-refractivity contribution >= 4 is 35.7 Å². The van der Waals surface area contributed by atoms with Crippen LogP contribution in [0.3, 0.4) is 0 Å². The first-order valence-corrected chi connectivity index (χ1v) is 17.7. The number of nitrogens with zero attached hydrogens (tertiary/aromatic N) is 1. The molecule has 1 aliphatic heterocycles. The van der Waals surface area contributed by atoms with Crippen LogP contribution in [-0.4, -0.2) is 90.6 Å². The highest BCUT2D eigenvalue weighted by Gasteiger charge is 2.39. The minimum absolute atomic E-state index is 0.145. The lowest BCUT2D eigenvalue weighted by molar-refractivity contribution is -0.142. The van der Waals surface area contributed by atoms with Crippen molar-refractivity contribution < 1.29 is 43.0 Å². The molecule has 1 fully saturated rings. The van der Waals surface area contributed by atoms with Gasteiger partial charge in [0.1, 0.15) is 29.8 Å². The van der Waals surface area contributed by atoms with Crippen LogP contribution in [0.4, 0.5) is 4.79 Å². The average molecular weight is 724 g/mol. The number of carbonyl (C=O) groups excluding carboxylic acids is 6. The fraction of sp³-hybridized carbons (Fsp3) is 0.526. The topological polar surface area (TPSA) is 181 Å². The second-order valence-corrected chi connectivity index (χ2v) is 13.6. The van der Waals surface area contributed by atoms with Crippen molar-refractivity contribution in [2.45, 2.75) is 109 Å². The Hall–Kier alpha value is -4.98. The summed E-state index contributed by atoms with van der Waals surface area (Å²) in [5.74, 6) is -2.71. The number of carbonyl (C=O) groups is 6. The van der Waals surface area contributed by atoms with E-state index in [4.69, 9.17) is 14.2 Å². The van der Waals surface area contributed by atoms with Gasteiger partial charge in [-0.25, -0.2) is 4.79 Å². The van der Waals surface area contributed by atoms with Crippen LogP contribution < -0.4 is 21.3 Å². The standard InChI is InChI=1S/C38H53N5O9/c1-7-27(39-35(47)31-20-15-21-43(31)36(48)28(8-2)42-37(49)52-38(3,4)5)33(45)41-30(24-51-23-25-16-11-9-12-17-25)34(46)40-29(22-32(44)50-6)26-18-13-10-14-19-26/h9-14,16-19,27-31H,7-8,15,20-24H2,1-6H3,(H,39,47)(H,40,46)(H,41,45)(H,42,49)/t27-,28-,29+,30-,31-/m0/s1. The van der Waals surface area contributed by atoms with E-state index in [0.29, 0.717) is 24.9 Å². The van der Waals surface area contributed by atoms with Crippen LogP contribution >= 0.6 is 0 Å². The van der Waals surface area contributed by atoms with Gasteiger partial charge in [0.15, 0.2) is 0 Å². The van der Waals surface area contributed by atoms with Gasteiger partial charge in [0.05, 0.1) is 32.8 Å². The maximum absolute atomic E-state index is 13.8. The predicted octanol–water partition coefficient (Wildman–Crippen LogP) is 3.30. The number of ether oxygens (including phenoxy) is 3. The van der Waals surface area contributed by atoms with Gasteiger partial charge in [-0.05, 0) is 57.6 Å². The quantitative estimate of drug-likeness (QED) is 0.178. The maximum atomic E-state index is 13.8. The van der Waals surface area contributed by atoms with Gasteiger partial charge in [0.25, 0.3) is 0 Å². The molecule has 4 N–H and O–H groups in total. The molecule has 3 rings (SSSR count). The van der Waals surface area contributed by atoms with Crippen LogP contribution in [0.1, 0.15) is 83.9 Å². The number of esters is 1. The zero-order chi connectivity index (χ0) is 38.3. The summed E-state index contributed by atoms with van der Waals surface area (Å²) >= 11 is 0. The van der Waals surface area contributed by atoms with E-state index in [1.54, 1.807) is 58.9 Å². The van der Waals surface area contributed by atoms with E-state index in [1.807, 2.05) is 36.4 Å². The van der Waals surface area contributed by atoms with E-state index in [1.165, 1.54) is 12.0 Å². The zero-order valence-corrected chi connectivity index (χ0v) is 30.9. The van der Waals surface area contributed by atoms with Gasteiger partial charge in [-0.1, -0.05) is 74.5 Å². The molecule has 0 radical (unpaired) electrons. The Balaban J connectivity index is 1.73. The number of likely N-dealkylation sites (tertiary alicyclic amines) is 1. The monoisotopic (exact) mass is 723 g/mol. The van der Waals surface area contributed by atoms with E-state index in [0.717, 1.165) is 5.56 Å². The van der Waals surface area contributed by atoms with Gasteiger partial charge < -0.3 is 40.4 Å². The van der Waals surface area contributed by atoms with Crippen molar-refractivity contribution in [3.63, 3.8) is 0 Å². The number of rotatable bonds is 17. The van der Waals surface area contributed by atoms with Crippen LogP contribution in [0.15, 0.2) is 60.7 Å². The Kier molecular flexibility index (Phi) is 16.1. The lowest BCUT2D eigenvalue weighted by atomic mass is 10.0. The summed E-state index contributed by atoms with van der Waals surface area (Å²) in [6.07, 6.45) is 0.521. The molecule has 0 bridgehead atoms. The number of nitrogens with one attached hydrogen (secondary N) is 4. The van der Waals surface area contributed by atoms with Crippen molar-refractivity contribution in [2.75, 3.05) is 20.3 Å². The Morgan fingerprint density at radius 2 is 1.42 bits per heavy atom. The van der Waals surface area contributed by atoms with E-state index < -0.39 is 71.5 Å². The summed E-state index contributed by atoms with van der Waals surface area (Å²) in [7, 11) is 1.26. The van der Waals surface area contributed by atoms with Crippen molar-refractivity contribution in [2.24, 2.45) is 0 Å². The minimum Gasteiger partial charge on any atom is -0.469 e. The summed E-state index contributed by atoms with van der Waals surface area (Å²) in [5, 5.41) is 10.9. The highest BCUT2D eigenvalue weighted by Crippen LogP contribution is 2.21. The maximum Gasteiger partial charge on any atom is 0.408 e. The molecule has 0 spiro atoms. The smallest absolute Gasteiger partial charge is 0.408 e. The summed E-state index contributed by atoms with van der Waals surface area (Å²) in [6, 6.07) is 13.5. The second-order valence-electron chi connectivity index (χ2n) is 13.6. The predicted molar refractivity (Wildman–Crippen MR) is 192 cm³/mol. The van der Waals surface area contributed by atoms with Crippen LogP contribution in [0, 0.1) is 0 Å². The minimum atomic E-state index is -1.19. The Morgan fingerprint density at radius 1 is 0.808 bits per heavy atom. The van der Waals surface area contributed by atoms with Crippen LogP contribution in [-0.2, 0) is 44.8 Å². The SMILES string of the molecule is CC[C@H](NC(=O)[C@@H]1CCCN1C(=O)[C@H](CC)NC(=O)OC(C)(C)C)C(=O)N[C@@H](COCc1ccccc1)C(=O)N[C@H](CC(=O)OC)c1ccccc1. The molecule has 1 saturated heterocycles. The highest BCUT2D eigenvalue weighted by molar-refractivity contribution is 5.95. The van der Waals surface area contributed by atoms with Crippen LogP contribution in [0.2, 0.25) is 0 Å². The molecule has 14 nitrogen and oxygen atoms in total. The number of methoxy groups -OCH3 is 1. The van der Waals surface area contributed by atoms with E-state index in [2.05, 4.69) is 21.3 Å². The third-order valence-electron chi connectivity index (χ3n) is 8.42. The van der Waals surface area contributed by atoms with Gasteiger partial charge in [-0.2, -0.15) is 0 Å². The lowest BCUT2D eigenvalue weighted by Gasteiger charge is -2.30. The largest absolute Gasteiger partial charge is 0.469 e. The Bertz CT molecular complexity index is 1500. The van der Waals surface area contributed by atoms with Crippen molar-refractivity contribution in [3.05, 3.63) is 71.8 Å². The molecule has 0 aliphatic carbocycles. The van der Waals surface area contributed by atoms with Gasteiger partial charge in [-0.3, -0.25) is 24.0 Å². The second kappa shape index (κ2) is 20.2. The fourth-order valence-electron chi connectivity index (χ4n) is 5.70. The summed E-state index contributed by atoms with van der Waals surface area (Å²) in [5.41, 5.74) is 0.775. The molecule has 0 aromatic heterocycles. The van der Waals surface area contributed by atoms with E-state index >= 15 is 0 Å². The number of benzene rings is 2. The third kappa shape index (κ3) is 13.0. The highest BCUT2D eigenvalue weighted by atomic mass is 16.6. The Morgan fingerprint density at radius 3 is 2.02 bits per heavy atom. The first-order valence-electron chi connectivity index (χ1n) is 17.7. The molecule has 2 aromatic carbocycles. The molecular formula is C38H53N5O9. The van der Waals surface area contributed by atoms with Crippen molar-refractivity contribution in [3.8, 4) is 0 Å². The molecule has 52 heavy (non-hydrogen) atoms. The summed E-state index contributed by atoms with van der Waals surface area (Å²) < 4.78 is 16.0. The molecule has 0 saturated carbocycles. The Labute approximate surface area is 305 Å². The molecule has 14 heteroatoms. The first-order chi connectivity index (χ1) is 24.8. The molecule has 1 aliphatic rings. The number of alkyl carbamates (subject to hydrolysis) is 1. The molecular weight excluding hydrogens is 670 g/mol. The van der Waals surface area contributed by atoms with Gasteiger partial charge in [0, 0.05) is 6.54 Å². The molecule has 5 amide bonds. The average Bonchev–Trinajstić information content (AvgIpc) is 3.62. The van der Waals surface area contributed by atoms with Crippen LogP contribution in [0.5, 0.6) is 0 Å². The molecule has 284 valence electrons. The summed E-state index contributed by atoms with van der Waals surface area (Å²) in [4.78, 5) is 80.6. The number of hydrogen-bond donors (Lipinski definition) is 4. The normalized spacial score (nSPS) is 16.4. The first kappa shape index (κ1) is 41.4. The molecule has 1 heterocycles. The number of amides is 5. The lowest BCUT2D eigenvalue weighted by Crippen LogP contribution is -2.58. The summed E-state index contributed by atoms with van der Waals surface area (Å²) in [6.45, 7) is 8.89. The van der Waals surface area contributed by atoms with E-state index in [9.17, 15) is 28.8 Å². The van der Waals surface area contributed by atoms with Crippen molar-refractivity contribution in [1.29, 1.82) is 0 Å². The van der Waals surface area contributed by atoms with Gasteiger partial charge in [0.2, 0.25) is 23.6 Å². The fourth-order valence-corrected chi connectivity index (χ4v) is 5.70. The van der Waals surface area contributed by atoms with Gasteiger partial charge in [-0.15, -0.1) is 0 Å². The van der Waals surface area contributed by atoms with E-state index in [-0.39, 0.29) is 32.5 Å².